The summed E-state index contributed by atoms with van der Waals surface area (Å²) in [5.41, 5.74) is 1.34. The summed E-state index contributed by atoms with van der Waals surface area (Å²) in [7, 11) is 0. The molecule has 0 spiro atoms. The Kier molecular flexibility index (Phi) is 7.04. The number of ether oxygens (including phenoxy) is 1. The van der Waals surface area contributed by atoms with E-state index in [1.54, 1.807) is 0 Å². The van der Waals surface area contributed by atoms with E-state index in [1.807, 2.05) is 0 Å². The molecule has 1 fully saturated rings. The van der Waals surface area contributed by atoms with Gasteiger partial charge >= 0.3 is 0 Å². The molecule has 3 heteroatoms. The van der Waals surface area contributed by atoms with E-state index in [0.717, 1.165) is 25.3 Å². The maximum absolute atomic E-state index is 5.70. The molecule has 1 unspecified atom stereocenters. The van der Waals surface area contributed by atoms with Crippen LogP contribution in [0.2, 0.25) is 0 Å². The smallest absolute Gasteiger partial charge is 0.119 e. The third kappa shape index (κ3) is 5.68. The van der Waals surface area contributed by atoms with Crippen LogP contribution in [0.15, 0.2) is 24.3 Å². The largest absolute Gasteiger partial charge is 0.494 e. The fourth-order valence-corrected chi connectivity index (χ4v) is 2.81. The molecule has 0 aromatic heterocycles. The van der Waals surface area contributed by atoms with E-state index in [2.05, 4.69) is 48.3 Å². The van der Waals surface area contributed by atoms with Crippen LogP contribution >= 0.6 is 0 Å². The average molecular weight is 290 g/mol. The van der Waals surface area contributed by atoms with Gasteiger partial charge in [0.05, 0.1) is 6.61 Å². The van der Waals surface area contributed by atoms with Gasteiger partial charge in [0.1, 0.15) is 5.75 Å². The highest BCUT2D eigenvalue weighted by molar-refractivity contribution is 5.27. The van der Waals surface area contributed by atoms with Crippen molar-refractivity contribution in [3.8, 4) is 5.75 Å². The standard InChI is InChI=1S/C18H30N2O/c1-3-5-13-21-18-10-8-16(9-11-18)14-19-17-7-6-12-20(4-2)15-17/h8-11,17,19H,3-7,12-15H2,1-2H3. The summed E-state index contributed by atoms with van der Waals surface area (Å²) in [6, 6.07) is 9.17. The van der Waals surface area contributed by atoms with Crippen molar-refractivity contribution in [3.05, 3.63) is 29.8 Å². The Balaban J connectivity index is 1.73. The quantitative estimate of drug-likeness (QED) is 0.742. The van der Waals surface area contributed by atoms with Gasteiger partial charge in [0.15, 0.2) is 0 Å². The van der Waals surface area contributed by atoms with Crippen LogP contribution in [0, 0.1) is 0 Å². The molecule has 3 nitrogen and oxygen atoms in total. The zero-order chi connectivity index (χ0) is 14.9. The van der Waals surface area contributed by atoms with Gasteiger partial charge < -0.3 is 15.0 Å². The topological polar surface area (TPSA) is 24.5 Å². The molecule has 0 aliphatic carbocycles. The highest BCUT2D eigenvalue weighted by Crippen LogP contribution is 2.14. The normalized spacial score (nSPS) is 19.6. The molecule has 1 aromatic carbocycles. The van der Waals surface area contributed by atoms with Gasteiger partial charge in [-0.05, 0) is 50.0 Å². The second-order valence-corrected chi connectivity index (χ2v) is 5.96. The lowest BCUT2D eigenvalue weighted by Gasteiger charge is -2.32. The van der Waals surface area contributed by atoms with Gasteiger partial charge in [-0.3, -0.25) is 0 Å². The van der Waals surface area contributed by atoms with Crippen LogP contribution in [-0.4, -0.2) is 37.2 Å². The minimum atomic E-state index is 0.638. The minimum Gasteiger partial charge on any atom is -0.494 e. The number of nitrogens with one attached hydrogen (secondary N) is 1. The number of hydrogen-bond acceptors (Lipinski definition) is 3. The number of rotatable bonds is 8. The summed E-state index contributed by atoms with van der Waals surface area (Å²) in [5.74, 6) is 0.988. The fraction of sp³-hybridized carbons (Fsp3) is 0.667. The van der Waals surface area contributed by atoms with Crippen LogP contribution in [0.4, 0.5) is 0 Å². The Morgan fingerprint density at radius 3 is 2.76 bits per heavy atom. The predicted octanol–water partition coefficient (Wildman–Crippen LogP) is 3.44. The molecule has 118 valence electrons. The van der Waals surface area contributed by atoms with Crippen LogP contribution in [0.25, 0.3) is 0 Å². The summed E-state index contributed by atoms with van der Waals surface area (Å²) in [6.45, 7) is 9.83. The molecule has 2 rings (SSSR count). The lowest BCUT2D eigenvalue weighted by molar-refractivity contribution is 0.198. The van der Waals surface area contributed by atoms with Gasteiger partial charge in [-0.15, -0.1) is 0 Å². The highest BCUT2D eigenvalue weighted by atomic mass is 16.5. The van der Waals surface area contributed by atoms with Gasteiger partial charge in [-0.25, -0.2) is 0 Å². The van der Waals surface area contributed by atoms with Gasteiger partial charge in [-0.2, -0.15) is 0 Å². The Hall–Kier alpha value is -1.06. The number of likely N-dealkylation sites (N-methyl/N-ethyl adjacent to an activating group) is 1. The molecular formula is C18H30N2O. The number of unbranched alkanes of at least 4 members (excludes halogenated alkanes) is 1. The van der Waals surface area contributed by atoms with Crippen LogP contribution in [0.5, 0.6) is 5.75 Å². The first-order valence-electron chi connectivity index (χ1n) is 8.49. The zero-order valence-electron chi connectivity index (χ0n) is 13.6. The van der Waals surface area contributed by atoms with Crippen molar-refractivity contribution in [2.45, 2.75) is 52.1 Å². The average Bonchev–Trinajstić information content (AvgIpc) is 2.54. The molecule has 0 amide bonds. The molecule has 0 radical (unpaired) electrons. The van der Waals surface area contributed by atoms with Crippen molar-refractivity contribution in [2.24, 2.45) is 0 Å². The molecule has 0 bridgehead atoms. The number of likely N-dealkylation sites (tertiary alicyclic amines) is 1. The molecule has 1 aliphatic rings. The van der Waals surface area contributed by atoms with Gasteiger partial charge in [0.2, 0.25) is 0 Å². The third-order valence-corrected chi connectivity index (χ3v) is 4.24. The Morgan fingerprint density at radius 1 is 1.24 bits per heavy atom. The van der Waals surface area contributed by atoms with Gasteiger partial charge in [0, 0.05) is 19.1 Å². The maximum Gasteiger partial charge on any atom is 0.119 e. The van der Waals surface area contributed by atoms with Crippen molar-refractivity contribution in [1.29, 1.82) is 0 Å². The van der Waals surface area contributed by atoms with E-state index < -0.39 is 0 Å². The van der Waals surface area contributed by atoms with Crippen molar-refractivity contribution in [3.63, 3.8) is 0 Å². The highest BCUT2D eigenvalue weighted by Gasteiger charge is 2.17. The zero-order valence-corrected chi connectivity index (χ0v) is 13.6. The molecule has 1 aliphatic heterocycles. The number of hydrogen-bond donors (Lipinski definition) is 1. The summed E-state index contributed by atoms with van der Waals surface area (Å²) in [5, 5.41) is 3.69. The first-order valence-corrected chi connectivity index (χ1v) is 8.49. The lowest BCUT2D eigenvalue weighted by atomic mass is 10.1. The molecule has 1 aromatic rings. The fourth-order valence-electron chi connectivity index (χ4n) is 2.81. The molecular weight excluding hydrogens is 260 g/mol. The van der Waals surface area contributed by atoms with Gasteiger partial charge in [-0.1, -0.05) is 32.4 Å². The summed E-state index contributed by atoms with van der Waals surface area (Å²) in [4.78, 5) is 2.53. The van der Waals surface area contributed by atoms with E-state index in [1.165, 1.54) is 44.5 Å². The maximum atomic E-state index is 5.70. The summed E-state index contributed by atoms with van der Waals surface area (Å²) >= 11 is 0. The summed E-state index contributed by atoms with van der Waals surface area (Å²) < 4.78 is 5.70. The molecule has 1 heterocycles. The van der Waals surface area contributed by atoms with E-state index in [9.17, 15) is 0 Å². The van der Waals surface area contributed by atoms with E-state index in [0.29, 0.717) is 6.04 Å². The molecule has 21 heavy (non-hydrogen) atoms. The lowest BCUT2D eigenvalue weighted by Crippen LogP contribution is -2.45. The number of nitrogens with zero attached hydrogens (tertiary/aromatic N) is 1. The third-order valence-electron chi connectivity index (χ3n) is 4.24. The van der Waals surface area contributed by atoms with Crippen molar-refractivity contribution in [1.82, 2.24) is 10.2 Å². The Bertz CT molecular complexity index is 391. The Labute approximate surface area is 129 Å². The van der Waals surface area contributed by atoms with Crippen molar-refractivity contribution in [2.75, 3.05) is 26.2 Å². The van der Waals surface area contributed by atoms with Gasteiger partial charge in [0.25, 0.3) is 0 Å². The van der Waals surface area contributed by atoms with Crippen LogP contribution in [-0.2, 0) is 6.54 Å². The van der Waals surface area contributed by atoms with E-state index >= 15 is 0 Å². The molecule has 1 atom stereocenters. The number of piperidine rings is 1. The second-order valence-electron chi connectivity index (χ2n) is 5.96. The first-order chi connectivity index (χ1) is 10.3. The van der Waals surface area contributed by atoms with Crippen molar-refractivity contribution >= 4 is 0 Å². The minimum absolute atomic E-state index is 0.638. The first kappa shape index (κ1) is 16.3. The van der Waals surface area contributed by atoms with E-state index in [4.69, 9.17) is 4.74 Å². The molecule has 0 saturated carbocycles. The van der Waals surface area contributed by atoms with Crippen LogP contribution in [0.1, 0.15) is 45.1 Å². The number of benzene rings is 1. The molecule has 1 saturated heterocycles. The predicted molar refractivity (Wildman–Crippen MR) is 88.8 cm³/mol. The van der Waals surface area contributed by atoms with Crippen molar-refractivity contribution < 1.29 is 4.74 Å². The van der Waals surface area contributed by atoms with E-state index in [-0.39, 0.29) is 0 Å². The Morgan fingerprint density at radius 2 is 2.05 bits per heavy atom. The monoisotopic (exact) mass is 290 g/mol. The molecule has 1 N–H and O–H groups in total. The van der Waals surface area contributed by atoms with Crippen LogP contribution in [0.3, 0.4) is 0 Å². The summed E-state index contributed by atoms with van der Waals surface area (Å²) in [6.07, 6.45) is 4.92. The second kappa shape index (κ2) is 9.06. The van der Waals surface area contributed by atoms with Crippen LogP contribution < -0.4 is 10.1 Å². The SMILES string of the molecule is CCCCOc1ccc(CNC2CCCN(CC)C2)cc1.